The number of fused-ring (bicyclic) bond motifs is 1. The molecule has 0 bridgehead atoms. The van der Waals surface area contributed by atoms with Crippen molar-refractivity contribution >= 4 is 27.4 Å². The van der Waals surface area contributed by atoms with Crippen LogP contribution in [-0.2, 0) is 16.6 Å². The van der Waals surface area contributed by atoms with E-state index in [0.29, 0.717) is 22.9 Å². The second kappa shape index (κ2) is 8.43. The number of carbonyl (C=O) groups excluding carboxylic acids is 1. The second-order valence-electron chi connectivity index (χ2n) is 7.03. The molecule has 0 radical (unpaired) electrons. The van der Waals surface area contributed by atoms with Gasteiger partial charge in [-0.3, -0.25) is 4.90 Å². The molecule has 32 heavy (non-hydrogen) atoms. The Hall–Kier alpha value is -3.72. The van der Waals surface area contributed by atoms with Gasteiger partial charge in [-0.25, -0.2) is 13.2 Å². The van der Waals surface area contributed by atoms with Gasteiger partial charge in [-0.15, -0.1) is 0 Å². The van der Waals surface area contributed by atoms with Crippen molar-refractivity contribution in [1.82, 2.24) is 0 Å². The molecule has 166 valence electrons. The van der Waals surface area contributed by atoms with Crippen LogP contribution in [0, 0.1) is 0 Å². The molecule has 0 spiro atoms. The van der Waals surface area contributed by atoms with Crippen LogP contribution < -0.4 is 23.4 Å². The highest BCUT2D eigenvalue weighted by molar-refractivity contribution is 7.94. The molecule has 1 heterocycles. The molecule has 0 saturated carbocycles. The Kier molecular flexibility index (Phi) is 5.67. The molecule has 0 unspecified atom stereocenters. The summed E-state index contributed by atoms with van der Waals surface area (Å²) in [6.45, 7) is 0.153. The van der Waals surface area contributed by atoms with Crippen molar-refractivity contribution in [3.05, 3.63) is 72.3 Å². The van der Waals surface area contributed by atoms with Gasteiger partial charge in [-0.1, -0.05) is 24.3 Å². The highest BCUT2D eigenvalue weighted by Gasteiger charge is 2.42. The molecule has 3 aromatic rings. The van der Waals surface area contributed by atoms with Gasteiger partial charge in [-0.05, 0) is 29.8 Å². The van der Waals surface area contributed by atoms with Crippen molar-refractivity contribution in [2.45, 2.75) is 11.4 Å². The van der Waals surface area contributed by atoms with Crippen molar-refractivity contribution in [3.63, 3.8) is 0 Å². The fourth-order valence-corrected chi connectivity index (χ4v) is 5.15. The number of amides is 2. The van der Waals surface area contributed by atoms with Crippen LogP contribution in [0.25, 0.3) is 0 Å². The monoisotopic (exact) mass is 454 g/mol. The summed E-state index contributed by atoms with van der Waals surface area (Å²) >= 11 is 0. The van der Waals surface area contributed by atoms with Crippen LogP contribution in [-0.4, -0.2) is 35.8 Å². The highest BCUT2D eigenvalue weighted by Crippen LogP contribution is 2.40. The third-order valence-corrected chi connectivity index (χ3v) is 6.87. The van der Waals surface area contributed by atoms with E-state index in [1.165, 1.54) is 37.3 Å². The summed E-state index contributed by atoms with van der Waals surface area (Å²) in [5, 5.41) is 0. The smallest absolute Gasteiger partial charge is 0.343 e. The number of sulfonamides is 1. The molecule has 1 aliphatic rings. The van der Waals surface area contributed by atoms with E-state index < -0.39 is 16.1 Å². The number of para-hydroxylation sites is 1. The molecule has 9 heteroatoms. The molecule has 3 aromatic carbocycles. The number of hydrogen-bond donors (Lipinski definition) is 0. The molecule has 1 aliphatic heterocycles. The predicted molar refractivity (Wildman–Crippen MR) is 120 cm³/mol. The highest BCUT2D eigenvalue weighted by atomic mass is 32.2. The Morgan fingerprint density at radius 1 is 0.781 bits per heavy atom. The molecule has 0 N–H and O–H groups in total. The maximum absolute atomic E-state index is 13.6. The van der Waals surface area contributed by atoms with Gasteiger partial charge in [0.05, 0.1) is 39.2 Å². The normalized spacial score (nSPS) is 14.7. The standard InChI is InChI=1S/C23H22N2O6S/c1-29-18-8-6-7-16(11-18)15-24-21-9-4-5-10-22(21)32(27,28)25(23(24)26)17-12-19(30-2)14-20(13-17)31-3/h4-14H,15H2,1-3H3. The number of methoxy groups -OCH3 is 3. The first-order chi connectivity index (χ1) is 15.4. The Morgan fingerprint density at radius 2 is 1.44 bits per heavy atom. The van der Waals surface area contributed by atoms with Gasteiger partial charge in [0.1, 0.15) is 22.1 Å². The lowest BCUT2D eigenvalue weighted by Gasteiger charge is -2.36. The Bertz CT molecular complexity index is 1250. The zero-order valence-electron chi connectivity index (χ0n) is 17.8. The van der Waals surface area contributed by atoms with Gasteiger partial charge in [0.15, 0.2) is 0 Å². The number of carbonyl (C=O) groups is 1. The van der Waals surface area contributed by atoms with Crippen molar-refractivity contribution in [3.8, 4) is 17.2 Å². The van der Waals surface area contributed by atoms with Gasteiger partial charge in [0.2, 0.25) is 0 Å². The number of urea groups is 1. The van der Waals surface area contributed by atoms with E-state index in [9.17, 15) is 13.2 Å². The van der Waals surface area contributed by atoms with Gasteiger partial charge in [0.25, 0.3) is 10.0 Å². The zero-order chi connectivity index (χ0) is 22.9. The molecule has 0 fully saturated rings. The summed E-state index contributed by atoms with van der Waals surface area (Å²) in [6.07, 6.45) is 0. The van der Waals surface area contributed by atoms with E-state index in [-0.39, 0.29) is 17.1 Å². The van der Waals surface area contributed by atoms with Crippen molar-refractivity contribution in [2.24, 2.45) is 0 Å². The molecular weight excluding hydrogens is 432 g/mol. The number of anilines is 2. The second-order valence-corrected chi connectivity index (χ2v) is 8.78. The first kappa shape index (κ1) is 21.5. The molecular formula is C23H22N2O6S. The molecule has 0 saturated heterocycles. The van der Waals surface area contributed by atoms with Gasteiger partial charge in [0, 0.05) is 18.2 Å². The lowest BCUT2D eigenvalue weighted by molar-refractivity contribution is 0.253. The molecule has 2 amide bonds. The van der Waals surface area contributed by atoms with Crippen molar-refractivity contribution in [2.75, 3.05) is 30.5 Å². The average Bonchev–Trinajstić information content (AvgIpc) is 2.81. The number of benzene rings is 3. The van der Waals surface area contributed by atoms with Crippen LogP contribution in [0.5, 0.6) is 17.2 Å². The van der Waals surface area contributed by atoms with Gasteiger partial charge in [-0.2, -0.15) is 4.31 Å². The van der Waals surface area contributed by atoms with E-state index in [4.69, 9.17) is 14.2 Å². The third kappa shape index (κ3) is 3.71. The summed E-state index contributed by atoms with van der Waals surface area (Å²) in [4.78, 5) is 15.1. The maximum atomic E-state index is 13.6. The summed E-state index contributed by atoms with van der Waals surface area (Å²) in [6, 6.07) is 17.6. The van der Waals surface area contributed by atoms with E-state index in [0.717, 1.165) is 9.87 Å². The van der Waals surface area contributed by atoms with E-state index in [2.05, 4.69) is 0 Å². The SMILES string of the molecule is COc1cccc(CN2C(=O)N(c3cc(OC)cc(OC)c3)S(=O)(=O)c3ccccc32)c1. The van der Waals surface area contributed by atoms with Gasteiger partial charge < -0.3 is 14.2 Å². The number of rotatable bonds is 6. The first-order valence-electron chi connectivity index (χ1n) is 9.71. The molecule has 8 nitrogen and oxygen atoms in total. The fraction of sp³-hybridized carbons (Fsp3) is 0.174. The van der Waals surface area contributed by atoms with E-state index in [1.807, 2.05) is 12.1 Å². The van der Waals surface area contributed by atoms with Crippen molar-refractivity contribution in [1.29, 1.82) is 0 Å². The van der Waals surface area contributed by atoms with Crippen LogP contribution in [0.1, 0.15) is 5.56 Å². The lowest BCUT2D eigenvalue weighted by Crippen LogP contribution is -2.50. The minimum Gasteiger partial charge on any atom is -0.497 e. The van der Waals surface area contributed by atoms with Crippen LogP contribution in [0.2, 0.25) is 0 Å². The first-order valence-corrected chi connectivity index (χ1v) is 11.1. The van der Waals surface area contributed by atoms with E-state index >= 15 is 0 Å². The van der Waals surface area contributed by atoms with Crippen LogP contribution >= 0.6 is 0 Å². The predicted octanol–water partition coefficient (Wildman–Crippen LogP) is 4.05. The molecule has 4 rings (SSSR count). The summed E-state index contributed by atoms with van der Waals surface area (Å²) in [5.74, 6) is 1.36. The quantitative estimate of drug-likeness (QED) is 0.559. The maximum Gasteiger partial charge on any atom is 0.343 e. The van der Waals surface area contributed by atoms with Crippen LogP contribution in [0.4, 0.5) is 16.2 Å². The molecule has 0 aliphatic carbocycles. The Balaban J connectivity index is 1.87. The molecule has 0 aromatic heterocycles. The number of nitrogens with zero attached hydrogens (tertiary/aromatic N) is 2. The summed E-state index contributed by atoms with van der Waals surface area (Å²) in [7, 11) is 0.301. The zero-order valence-corrected chi connectivity index (χ0v) is 18.6. The summed E-state index contributed by atoms with van der Waals surface area (Å²) in [5.41, 5.74) is 1.22. The third-order valence-electron chi connectivity index (χ3n) is 5.12. The van der Waals surface area contributed by atoms with Gasteiger partial charge >= 0.3 is 6.03 Å². The van der Waals surface area contributed by atoms with Crippen molar-refractivity contribution < 1.29 is 27.4 Å². The number of ether oxygens (including phenoxy) is 3. The van der Waals surface area contributed by atoms with Crippen LogP contribution in [0.3, 0.4) is 0 Å². The average molecular weight is 455 g/mol. The lowest BCUT2D eigenvalue weighted by atomic mass is 10.2. The van der Waals surface area contributed by atoms with E-state index in [1.54, 1.807) is 43.5 Å². The largest absolute Gasteiger partial charge is 0.497 e. The summed E-state index contributed by atoms with van der Waals surface area (Å²) < 4.78 is 43.6. The minimum absolute atomic E-state index is 0.0317. The number of hydrogen-bond acceptors (Lipinski definition) is 6. The minimum atomic E-state index is -4.17. The Labute approximate surface area is 186 Å². The topological polar surface area (TPSA) is 85.4 Å². The fourth-order valence-electron chi connectivity index (χ4n) is 3.58. The van der Waals surface area contributed by atoms with Crippen LogP contribution in [0.15, 0.2) is 71.6 Å². The Morgan fingerprint density at radius 3 is 2.09 bits per heavy atom. The molecule has 0 atom stereocenters.